The quantitative estimate of drug-likeness (QED) is 0.555. The third-order valence-electron chi connectivity index (χ3n) is 4.31. The van der Waals surface area contributed by atoms with Gasteiger partial charge in [-0.2, -0.15) is 4.98 Å². The number of aromatic nitrogens is 2. The van der Waals surface area contributed by atoms with Crippen LogP contribution in [0, 0.1) is 6.92 Å². The van der Waals surface area contributed by atoms with Gasteiger partial charge in [0, 0.05) is 17.4 Å². The highest BCUT2D eigenvalue weighted by atomic mass is 16.5. The molecule has 5 nitrogen and oxygen atoms in total. The van der Waals surface area contributed by atoms with Gasteiger partial charge in [-0.15, -0.1) is 0 Å². The summed E-state index contributed by atoms with van der Waals surface area (Å²) in [5.41, 5.74) is 4.13. The molecule has 1 aromatic heterocycles. The van der Waals surface area contributed by atoms with Crippen LogP contribution in [0.3, 0.4) is 0 Å². The van der Waals surface area contributed by atoms with Crippen molar-refractivity contribution in [2.75, 3.05) is 17.2 Å². The molecule has 0 unspecified atom stereocenters. The van der Waals surface area contributed by atoms with Gasteiger partial charge in [-0.05, 0) is 49.1 Å². The van der Waals surface area contributed by atoms with Crippen LogP contribution in [0.15, 0.2) is 54.6 Å². The van der Waals surface area contributed by atoms with Gasteiger partial charge in [0.05, 0.1) is 12.3 Å². The van der Waals surface area contributed by atoms with Crippen LogP contribution < -0.4 is 15.4 Å². The van der Waals surface area contributed by atoms with Crippen LogP contribution >= 0.6 is 0 Å². The van der Waals surface area contributed by atoms with Crippen molar-refractivity contribution < 1.29 is 4.74 Å². The van der Waals surface area contributed by atoms with E-state index in [9.17, 15) is 0 Å². The second kappa shape index (κ2) is 8.30. The Hall–Kier alpha value is -3.08. The molecule has 0 atom stereocenters. The molecule has 0 spiro atoms. The van der Waals surface area contributed by atoms with E-state index in [0.717, 1.165) is 22.8 Å². The van der Waals surface area contributed by atoms with Gasteiger partial charge in [0.2, 0.25) is 5.95 Å². The van der Waals surface area contributed by atoms with Crippen molar-refractivity contribution in [3.63, 3.8) is 0 Å². The summed E-state index contributed by atoms with van der Waals surface area (Å²) in [5.74, 6) is 2.07. The second-order valence-corrected chi connectivity index (χ2v) is 7.72. The Labute approximate surface area is 167 Å². The molecule has 0 aliphatic rings. The highest BCUT2D eigenvalue weighted by molar-refractivity contribution is 5.65. The van der Waals surface area contributed by atoms with Crippen LogP contribution in [0.2, 0.25) is 0 Å². The molecule has 0 saturated heterocycles. The van der Waals surface area contributed by atoms with E-state index in [2.05, 4.69) is 65.6 Å². The molecular weight excluding hydrogens is 348 g/mol. The van der Waals surface area contributed by atoms with E-state index in [1.54, 1.807) is 0 Å². The van der Waals surface area contributed by atoms with Gasteiger partial charge in [-0.1, -0.05) is 45.0 Å². The molecule has 5 heteroatoms. The Kier molecular flexibility index (Phi) is 5.83. The molecule has 0 amide bonds. The van der Waals surface area contributed by atoms with E-state index in [0.29, 0.717) is 18.4 Å². The van der Waals surface area contributed by atoms with Crippen LogP contribution in [0.5, 0.6) is 5.75 Å². The molecule has 2 aromatic carbocycles. The first kappa shape index (κ1) is 19.7. The first-order chi connectivity index (χ1) is 13.3. The van der Waals surface area contributed by atoms with Crippen LogP contribution in [0.25, 0.3) is 0 Å². The number of para-hydroxylation sites is 2. The van der Waals surface area contributed by atoms with E-state index in [4.69, 9.17) is 4.74 Å². The number of nitrogens with zero attached hydrogens (tertiary/aromatic N) is 2. The van der Waals surface area contributed by atoms with Gasteiger partial charge in [-0.3, -0.25) is 0 Å². The van der Waals surface area contributed by atoms with Crippen LogP contribution in [-0.2, 0) is 5.41 Å². The fraction of sp³-hybridized carbons (Fsp3) is 0.304. The average Bonchev–Trinajstić information content (AvgIpc) is 2.63. The normalized spacial score (nSPS) is 11.2. The maximum absolute atomic E-state index is 5.68. The number of anilines is 4. The average molecular weight is 377 g/mol. The van der Waals surface area contributed by atoms with Crippen molar-refractivity contribution >= 4 is 23.1 Å². The van der Waals surface area contributed by atoms with Crippen LogP contribution in [0.1, 0.15) is 39.0 Å². The van der Waals surface area contributed by atoms with Crippen LogP contribution in [0.4, 0.5) is 23.1 Å². The first-order valence-corrected chi connectivity index (χ1v) is 9.57. The Morgan fingerprint density at radius 2 is 1.64 bits per heavy atom. The summed E-state index contributed by atoms with van der Waals surface area (Å²) in [7, 11) is 0. The SMILES string of the molecule is CCOc1ccccc1Nc1cc(C)nc(Nc2ccc(C(C)(C)C)cc2)n1. The molecule has 0 fully saturated rings. The number of nitrogens with one attached hydrogen (secondary N) is 2. The Balaban J connectivity index is 1.80. The summed E-state index contributed by atoms with van der Waals surface area (Å²) in [6.07, 6.45) is 0. The standard InChI is InChI=1S/C23H28N4O/c1-6-28-20-10-8-7-9-19(20)26-21-15-16(2)24-22(27-21)25-18-13-11-17(12-14-18)23(3,4)5/h7-15H,6H2,1-5H3,(H2,24,25,26,27). The highest BCUT2D eigenvalue weighted by Crippen LogP contribution is 2.28. The summed E-state index contributed by atoms with van der Waals surface area (Å²) in [6.45, 7) is 11.2. The fourth-order valence-electron chi connectivity index (χ4n) is 2.86. The van der Waals surface area contributed by atoms with Gasteiger partial charge in [0.25, 0.3) is 0 Å². The molecule has 2 N–H and O–H groups in total. The molecule has 0 aliphatic heterocycles. The molecule has 0 aliphatic carbocycles. The summed E-state index contributed by atoms with van der Waals surface area (Å²) >= 11 is 0. The van der Waals surface area contributed by atoms with Crippen molar-refractivity contribution in [3.8, 4) is 5.75 Å². The zero-order valence-corrected chi connectivity index (χ0v) is 17.2. The fourth-order valence-corrected chi connectivity index (χ4v) is 2.86. The first-order valence-electron chi connectivity index (χ1n) is 9.57. The summed E-state index contributed by atoms with van der Waals surface area (Å²) < 4.78 is 5.68. The van der Waals surface area contributed by atoms with Crippen molar-refractivity contribution in [2.45, 2.75) is 40.0 Å². The third kappa shape index (κ3) is 5.00. The maximum Gasteiger partial charge on any atom is 0.229 e. The van der Waals surface area contributed by atoms with E-state index < -0.39 is 0 Å². The van der Waals surface area contributed by atoms with Crippen molar-refractivity contribution in [3.05, 3.63) is 65.9 Å². The number of rotatable bonds is 6. The minimum atomic E-state index is 0.128. The third-order valence-corrected chi connectivity index (χ3v) is 4.31. The van der Waals surface area contributed by atoms with Gasteiger partial charge < -0.3 is 15.4 Å². The monoisotopic (exact) mass is 376 g/mol. The lowest BCUT2D eigenvalue weighted by molar-refractivity contribution is 0.342. The highest BCUT2D eigenvalue weighted by Gasteiger charge is 2.13. The van der Waals surface area contributed by atoms with Crippen LogP contribution in [-0.4, -0.2) is 16.6 Å². The number of benzene rings is 2. The van der Waals surface area contributed by atoms with E-state index in [-0.39, 0.29) is 5.41 Å². The molecule has 3 rings (SSSR count). The smallest absolute Gasteiger partial charge is 0.229 e. The van der Waals surface area contributed by atoms with Gasteiger partial charge in [-0.25, -0.2) is 4.98 Å². The van der Waals surface area contributed by atoms with Crippen molar-refractivity contribution in [2.24, 2.45) is 0 Å². The zero-order chi connectivity index (χ0) is 20.1. The number of hydrogen-bond donors (Lipinski definition) is 2. The zero-order valence-electron chi connectivity index (χ0n) is 17.2. The lowest BCUT2D eigenvalue weighted by Gasteiger charge is -2.19. The van der Waals surface area contributed by atoms with E-state index in [1.807, 2.05) is 44.2 Å². The van der Waals surface area contributed by atoms with E-state index in [1.165, 1.54) is 5.56 Å². The van der Waals surface area contributed by atoms with E-state index >= 15 is 0 Å². The topological polar surface area (TPSA) is 59.1 Å². The van der Waals surface area contributed by atoms with Gasteiger partial charge in [0.15, 0.2) is 0 Å². The molecular formula is C23H28N4O. The summed E-state index contributed by atoms with van der Waals surface area (Å²) in [6, 6.07) is 18.1. The predicted molar refractivity (Wildman–Crippen MR) is 116 cm³/mol. The lowest BCUT2D eigenvalue weighted by atomic mass is 9.87. The molecule has 28 heavy (non-hydrogen) atoms. The van der Waals surface area contributed by atoms with Crippen molar-refractivity contribution in [1.82, 2.24) is 9.97 Å². The summed E-state index contributed by atoms with van der Waals surface area (Å²) in [5, 5.41) is 6.63. The molecule has 3 aromatic rings. The Bertz CT molecular complexity index is 930. The molecule has 0 bridgehead atoms. The molecule has 1 heterocycles. The molecule has 0 saturated carbocycles. The lowest BCUT2D eigenvalue weighted by Crippen LogP contribution is -2.10. The summed E-state index contributed by atoms with van der Waals surface area (Å²) in [4.78, 5) is 9.11. The predicted octanol–water partition coefficient (Wildman–Crippen LogP) is 5.97. The van der Waals surface area contributed by atoms with Crippen molar-refractivity contribution in [1.29, 1.82) is 0 Å². The maximum atomic E-state index is 5.68. The molecule has 146 valence electrons. The number of hydrogen-bond acceptors (Lipinski definition) is 5. The number of ether oxygens (including phenoxy) is 1. The Morgan fingerprint density at radius 3 is 2.32 bits per heavy atom. The van der Waals surface area contributed by atoms with Gasteiger partial charge in [0.1, 0.15) is 11.6 Å². The second-order valence-electron chi connectivity index (χ2n) is 7.72. The Morgan fingerprint density at radius 1 is 0.929 bits per heavy atom. The number of aryl methyl sites for hydroxylation is 1. The molecule has 0 radical (unpaired) electrons. The largest absolute Gasteiger partial charge is 0.492 e. The van der Waals surface area contributed by atoms with Gasteiger partial charge >= 0.3 is 0 Å². The minimum absolute atomic E-state index is 0.128. The minimum Gasteiger partial charge on any atom is -0.492 e.